The Bertz CT molecular complexity index is 3370. The van der Waals surface area contributed by atoms with Gasteiger partial charge in [-0.3, -0.25) is 9.59 Å². The molecule has 0 atom stereocenters. The molecular weight excluding hydrogens is 897 g/mol. The summed E-state index contributed by atoms with van der Waals surface area (Å²) in [6.07, 6.45) is 0. The van der Waals surface area contributed by atoms with Gasteiger partial charge in [0.15, 0.2) is 11.6 Å². The van der Waals surface area contributed by atoms with E-state index in [9.17, 15) is 20.1 Å². The fourth-order valence-electron chi connectivity index (χ4n) is 10.1. The molecule has 0 N–H and O–H groups in total. The number of benzene rings is 4. The number of carbonyl (C=O) groups excluding carboxylic acids is 2. The highest BCUT2D eigenvalue weighted by Crippen LogP contribution is 2.46. The molecule has 0 aliphatic heterocycles. The van der Waals surface area contributed by atoms with Gasteiger partial charge < -0.3 is 0 Å². The van der Waals surface area contributed by atoms with Crippen molar-refractivity contribution in [2.24, 2.45) is 0 Å². The summed E-state index contributed by atoms with van der Waals surface area (Å²) in [4.78, 5) is 37.3. The zero-order valence-corrected chi connectivity index (χ0v) is 43.6. The number of nitriles is 2. The SMILES string of the molecule is [C-]#[N+]/C(C#N)=C1\C(=c2/cc(-c3c(C(C)C)cc(C(C)C)cc3C(C)C)/c(=c3\s/c(=C4\C(=O)c5ccccc5\C4=C(\C#N)[N+]#[C-])cc3-c3c(C(C)C)cc(C(C)C)cc3C(C)C)s2)C(=O)c2ccccc21. The Labute approximate surface area is 420 Å². The molecule has 4 aromatic carbocycles. The minimum atomic E-state index is -0.243. The first-order valence-corrected chi connectivity index (χ1v) is 25.7. The van der Waals surface area contributed by atoms with E-state index in [1.54, 1.807) is 12.1 Å². The summed E-state index contributed by atoms with van der Waals surface area (Å²) in [7, 11) is 0. The molecule has 8 heteroatoms. The summed E-state index contributed by atoms with van der Waals surface area (Å²) in [5.41, 5.74) is 14.2. The number of hydrogen-bond acceptors (Lipinski definition) is 6. The van der Waals surface area contributed by atoms with Crippen LogP contribution >= 0.6 is 22.7 Å². The van der Waals surface area contributed by atoms with Gasteiger partial charge in [-0.05, 0) is 103 Å². The van der Waals surface area contributed by atoms with Crippen molar-refractivity contribution in [3.63, 3.8) is 0 Å². The molecule has 0 amide bonds. The lowest BCUT2D eigenvalue weighted by molar-refractivity contribution is 0.105. The van der Waals surface area contributed by atoms with Crippen molar-refractivity contribution in [1.82, 2.24) is 0 Å². The number of allylic oxidation sites excluding steroid dienone is 4. The highest BCUT2D eigenvalue weighted by molar-refractivity contribution is 7.12. The predicted octanol–water partition coefficient (Wildman–Crippen LogP) is 15.6. The number of thiophene rings is 2. The normalized spacial score (nSPS) is 16.8. The number of rotatable bonds is 8. The van der Waals surface area contributed by atoms with Gasteiger partial charge in [-0.1, -0.05) is 156 Å². The number of ketones is 2. The van der Waals surface area contributed by atoms with Crippen LogP contribution in [0, 0.1) is 44.9 Å². The molecule has 2 heterocycles. The molecule has 2 aliphatic carbocycles. The number of carbonyl (C=O) groups is 2. The molecule has 0 bridgehead atoms. The summed E-state index contributed by atoms with van der Waals surface area (Å²) < 4.78 is 3.04. The van der Waals surface area contributed by atoms with Gasteiger partial charge in [-0.15, -0.1) is 22.7 Å². The zero-order chi connectivity index (χ0) is 50.6. The summed E-state index contributed by atoms with van der Waals surface area (Å²) in [5, 5.41) is 21.0. The minimum Gasteiger partial charge on any atom is -0.289 e. The molecular formula is C62H56N4O2S2. The standard InChI is InChI=1S/C62H56N4O2S2/c1-31(2)37-23-43(33(5)6)53(44(24-37)34(7)8)47-27-51(57-55(49(29-63)65-13)39-19-15-17-21-41(39)59(57)67)69-61(47)62-48(54-45(35(9)10)25-38(32(3)4)26-46(54)36(11)12)28-52(70-62)58-56(50(30-64)66-14)40-20-16-18-22-42(40)60(58)68/h15-28,31-36H,1-12H3/b55-49-,56-50+,57-51-,58-52-,62-61+. The van der Waals surface area contributed by atoms with E-state index in [2.05, 4.69) is 141 Å². The van der Waals surface area contributed by atoms with E-state index in [0.717, 1.165) is 31.3 Å². The average molecular weight is 953 g/mol. The van der Waals surface area contributed by atoms with Crippen LogP contribution in [0.5, 0.6) is 0 Å². The van der Waals surface area contributed by atoms with Crippen molar-refractivity contribution in [1.29, 1.82) is 10.5 Å². The van der Waals surface area contributed by atoms with Crippen molar-refractivity contribution < 1.29 is 9.59 Å². The van der Waals surface area contributed by atoms with E-state index in [0.29, 0.717) is 53.6 Å². The fourth-order valence-corrected chi connectivity index (χ4v) is 12.7. The molecule has 2 aliphatic rings. The third-order valence-electron chi connectivity index (χ3n) is 13.7. The van der Waals surface area contributed by atoms with Crippen LogP contribution in [0.15, 0.2) is 96.3 Å². The Balaban J connectivity index is 1.75. The van der Waals surface area contributed by atoms with E-state index in [1.165, 1.54) is 56.1 Å². The van der Waals surface area contributed by atoms with Crippen molar-refractivity contribution in [2.45, 2.75) is 119 Å². The number of fused-ring (bicyclic) bond motifs is 2. The molecule has 0 saturated carbocycles. The molecule has 0 radical (unpaired) electrons. The fraction of sp³-hybridized carbons (Fsp3) is 0.290. The second-order valence-electron chi connectivity index (χ2n) is 20.2. The highest BCUT2D eigenvalue weighted by atomic mass is 32.1. The molecule has 2 aromatic heterocycles. The lowest BCUT2D eigenvalue weighted by atomic mass is 9.81. The Morgan fingerprint density at radius 2 is 0.757 bits per heavy atom. The van der Waals surface area contributed by atoms with Gasteiger partial charge in [0.1, 0.15) is 0 Å². The molecule has 70 heavy (non-hydrogen) atoms. The molecule has 0 saturated heterocycles. The first kappa shape index (κ1) is 49.2. The molecule has 0 spiro atoms. The smallest absolute Gasteiger partial charge is 0.270 e. The van der Waals surface area contributed by atoms with Crippen LogP contribution in [0.1, 0.15) is 184 Å². The highest BCUT2D eigenvalue weighted by Gasteiger charge is 2.36. The Hall–Kier alpha value is -7.20. The zero-order valence-electron chi connectivity index (χ0n) is 42.0. The number of hydrogen-bond donors (Lipinski definition) is 0. The van der Waals surface area contributed by atoms with Crippen LogP contribution in [0.25, 0.3) is 54.2 Å². The Kier molecular flexibility index (Phi) is 13.6. The second-order valence-corrected chi connectivity index (χ2v) is 22.3. The van der Waals surface area contributed by atoms with Crippen LogP contribution in [-0.4, -0.2) is 11.6 Å². The molecule has 348 valence electrons. The van der Waals surface area contributed by atoms with Gasteiger partial charge in [0.25, 0.3) is 11.4 Å². The number of Topliss-reactive ketones (excluding diaryl/α,β-unsaturated/α-hetero) is 2. The van der Waals surface area contributed by atoms with Gasteiger partial charge in [0.2, 0.25) is 0 Å². The lowest BCUT2D eigenvalue weighted by Crippen LogP contribution is -2.07. The molecule has 6 aromatic rings. The van der Waals surface area contributed by atoms with E-state index < -0.39 is 0 Å². The van der Waals surface area contributed by atoms with E-state index in [4.69, 9.17) is 13.1 Å². The molecule has 8 rings (SSSR count). The van der Waals surface area contributed by atoms with Gasteiger partial charge in [0.05, 0.1) is 34.3 Å². The molecule has 0 unspecified atom stereocenters. The van der Waals surface area contributed by atoms with E-state index in [1.807, 2.05) is 36.4 Å². The van der Waals surface area contributed by atoms with E-state index in [-0.39, 0.29) is 58.5 Å². The first-order chi connectivity index (χ1) is 33.4. The average Bonchev–Trinajstić information content (AvgIpc) is 4.10. The number of nitrogens with zero attached hydrogens (tertiary/aromatic N) is 4. The molecule has 0 fully saturated rings. The van der Waals surface area contributed by atoms with Crippen molar-refractivity contribution in [2.75, 3.05) is 0 Å². The maximum atomic E-state index is 14.9. The quantitative estimate of drug-likeness (QED) is 0.112. The maximum Gasteiger partial charge on any atom is 0.270 e. The minimum absolute atomic E-state index is 0.105. The van der Waals surface area contributed by atoms with Gasteiger partial charge in [0, 0.05) is 53.6 Å². The largest absolute Gasteiger partial charge is 0.289 e. The van der Waals surface area contributed by atoms with Gasteiger partial charge in [-0.2, -0.15) is 0 Å². The summed E-state index contributed by atoms with van der Waals surface area (Å²) in [6, 6.07) is 32.2. The summed E-state index contributed by atoms with van der Waals surface area (Å²) in [6.45, 7) is 42.9. The van der Waals surface area contributed by atoms with Crippen molar-refractivity contribution >= 4 is 56.5 Å². The van der Waals surface area contributed by atoms with Crippen LogP contribution < -0.4 is 9.06 Å². The lowest BCUT2D eigenvalue weighted by Gasteiger charge is -2.23. The summed E-state index contributed by atoms with van der Waals surface area (Å²) >= 11 is 2.95. The Morgan fingerprint density at radius 3 is 1.01 bits per heavy atom. The Morgan fingerprint density at radius 1 is 0.457 bits per heavy atom. The second kappa shape index (κ2) is 19.3. The van der Waals surface area contributed by atoms with Crippen LogP contribution in [-0.2, 0) is 0 Å². The monoisotopic (exact) mass is 952 g/mol. The van der Waals surface area contributed by atoms with Crippen LogP contribution in [0.4, 0.5) is 0 Å². The van der Waals surface area contributed by atoms with Crippen molar-refractivity contribution in [3.8, 4) is 34.4 Å². The van der Waals surface area contributed by atoms with E-state index >= 15 is 0 Å². The summed E-state index contributed by atoms with van der Waals surface area (Å²) in [5.74, 6) is 0.467. The van der Waals surface area contributed by atoms with Crippen molar-refractivity contribution in [3.05, 3.63) is 193 Å². The maximum absolute atomic E-state index is 14.9. The van der Waals surface area contributed by atoms with Gasteiger partial charge in [-0.25, -0.2) is 20.2 Å². The van der Waals surface area contributed by atoms with Gasteiger partial charge >= 0.3 is 0 Å². The topological polar surface area (TPSA) is 90.4 Å². The first-order valence-electron chi connectivity index (χ1n) is 24.1. The predicted molar refractivity (Wildman–Crippen MR) is 288 cm³/mol. The third-order valence-corrected chi connectivity index (χ3v) is 16.2. The third kappa shape index (κ3) is 8.20. The van der Waals surface area contributed by atoms with Crippen LogP contribution in [0.3, 0.4) is 0 Å². The molecule has 6 nitrogen and oxygen atoms in total. The van der Waals surface area contributed by atoms with Crippen LogP contribution in [0.2, 0.25) is 0 Å².